The van der Waals surface area contributed by atoms with Gasteiger partial charge in [0.2, 0.25) is 0 Å². The van der Waals surface area contributed by atoms with Gasteiger partial charge in [0.15, 0.2) is 0 Å². The number of aryl methyl sites for hydroxylation is 1. The van der Waals surface area contributed by atoms with Crippen molar-refractivity contribution in [1.29, 1.82) is 0 Å². The fraction of sp³-hybridized carbons (Fsp3) is 0.500. The molecule has 0 spiro atoms. The maximum Gasteiger partial charge on any atom is 0.0659 e. The molecule has 1 aromatic carbocycles. The van der Waals surface area contributed by atoms with Gasteiger partial charge in [0, 0.05) is 11.1 Å². The van der Waals surface area contributed by atoms with Crippen LogP contribution in [0.4, 0.5) is 0 Å². The Hall–Kier alpha value is -0.380. The Morgan fingerprint density at radius 2 is 2.20 bits per heavy atom. The number of ether oxygens (including phenoxy) is 1. The molecule has 0 saturated heterocycles. The van der Waals surface area contributed by atoms with Crippen LogP contribution in [0.2, 0.25) is 0 Å². The van der Waals surface area contributed by atoms with E-state index in [1.165, 1.54) is 5.56 Å². The average molecular weight is 272 g/mol. The zero-order chi connectivity index (χ0) is 11.3. The smallest absolute Gasteiger partial charge is 0.0659 e. The first-order valence-corrected chi connectivity index (χ1v) is 6.03. The lowest BCUT2D eigenvalue weighted by molar-refractivity contribution is 0.121. The third-order valence-corrected chi connectivity index (χ3v) is 3.15. The molecule has 0 saturated carbocycles. The van der Waals surface area contributed by atoms with Crippen molar-refractivity contribution in [3.8, 4) is 0 Å². The number of nitrogens with two attached hydrogens (primary N) is 1. The summed E-state index contributed by atoms with van der Waals surface area (Å²) in [5.41, 5.74) is 8.35. The summed E-state index contributed by atoms with van der Waals surface area (Å²) in [4.78, 5) is 0. The summed E-state index contributed by atoms with van der Waals surface area (Å²) in [5, 5.41) is 0. The summed E-state index contributed by atoms with van der Waals surface area (Å²) in [7, 11) is 0. The van der Waals surface area contributed by atoms with E-state index < -0.39 is 0 Å². The third kappa shape index (κ3) is 3.93. The highest BCUT2D eigenvalue weighted by Crippen LogP contribution is 2.20. The lowest BCUT2D eigenvalue weighted by Gasteiger charge is -2.13. The summed E-state index contributed by atoms with van der Waals surface area (Å²) in [6, 6.07) is 6.15. The van der Waals surface area contributed by atoms with E-state index in [9.17, 15) is 0 Å². The first-order chi connectivity index (χ1) is 7.15. The fourth-order valence-corrected chi connectivity index (χ4v) is 1.60. The molecule has 1 unspecified atom stereocenters. The molecule has 0 bridgehead atoms. The van der Waals surface area contributed by atoms with E-state index in [0.29, 0.717) is 6.61 Å². The van der Waals surface area contributed by atoms with Crippen LogP contribution < -0.4 is 5.73 Å². The molecule has 2 nitrogen and oxygen atoms in total. The minimum Gasteiger partial charge on any atom is -0.379 e. The van der Waals surface area contributed by atoms with Crippen LogP contribution in [-0.4, -0.2) is 13.2 Å². The molecule has 15 heavy (non-hydrogen) atoms. The van der Waals surface area contributed by atoms with E-state index >= 15 is 0 Å². The Morgan fingerprint density at radius 3 is 2.80 bits per heavy atom. The first kappa shape index (κ1) is 12.7. The minimum absolute atomic E-state index is 0.0247. The van der Waals surface area contributed by atoms with Crippen LogP contribution in [0.5, 0.6) is 0 Å². The van der Waals surface area contributed by atoms with Crippen LogP contribution in [0.25, 0.3) is 0 Å². The van der Waals surface area contributed by atoms with Crippen molar-refractivity contribution in [2.75, 3.05) is 13.2 Å². The van der Waals surface area contributed by atoms with Gasteiger partial charge in [-0.3, -0.25) is 0 Å². The highest BCUT2D eigenvalue weighted by molar-refractivity contribution is 9.10. The molecule has 0 radical (unpaired) electrons. The zero-order valence-electron chi connectivity index (χ0n) is 9.29. The monoisotopic (exact) mass is 271 g/mol. The van der Waals surface area contributed by atoms with Gasteiger partial charge in [0.25, 0.3) is 0 Å². The summed E-state index contributed by atoms with van der Waals surface area (Å²) < 4.78 is 6.55. The van der Waals surface area contributed by atoms with Crippen molar-refractivity contribution >= 4 is 15.9 Å². The van der Waals surface area contributed by atoms with E-state index in [-0.39, 0.29) is 6.04 Å². The standard InChI is InChI=1S/C12H18BrNO/c1-3-6-15-8-12(14)10-4-5-11(13)9(2)7-10/h4-5,7,12H,3,6,8,14H2,1-2H3. The van der Waals surface area contributed by atoms with Crippen LogP contribution in [0.1, 0.15) is 30.5 Å². The minimum atomic E-state index is -0.0247. The zero-order valence-corrected chi connectivity index (χ0v) is 10.9. The van der Waals surface area contributed by atoms with Gasteiger partial charge in [0.1, 0.15) is 0 Å². The number of benzene rings is 1. The second-order valence-electron chi connectivity index (χ2n) is 3.69. The molecular formula is C12H18BrNO. The average Bonchev–Trinajstić information content (AvgIpc) is 2.22. The van der Waals surface area contributed by atoms with E-state index in [0.717, 1.165) is 23.1 Å². The van der Waals surface area contributed by atoms with Gasteiger partial charge < -0.3 is 10.5 Å². The molecule has 0 fully saturated rings. The topological polar surface area (TPSA) is 35.2 Å². The fourth-order valence-electron chi connectivity index (χ4n) is 1.35. The van der Waals surface area contributed by atoms with E-state index in [2.05, 4.69) is 35.8 Å². The highest BCUT2D eigenvalue weighted by atomic mass is 79.9. The van der Waals surface area contributed by atoms with Crippen LogP contribution in [0.3, 0.4) is 0 Å². The van der Waals surface area contributed by atoms with Crippen molar-refractivity contribution < 1.29 is 4.74 Å². The van der Waals surface area contributed by atoms with Crippen molar-refractivity contribution in [1.82, 2.24) is 0 Å². The van der Waals surface area contributed by atoms with Gasteiger partial charge in [-0.25, -0.2) is 0 Å². The summed E-state index contributed by atoms with van der Waals surface area (Å²) in [6.07, 6.45) is 1.03. The molecule has 0 amide bonds. The molecule has 0 aliphatic heterocycles. The molecule has 3 heteroatoms. The largest absolute Gasteiger partial charge is 0.379 e. The SMILES string of the molecule is CCCOCC(N)c1ccc(Br)c(C)c1. The Balaban J connectivity index is 2.57. The van der Waals surface area contributed by atoms with Crippen molar-refractivity contribution in [3.05, 3.63) is 33.8 Å². The maximum absolute atomic E-state index is 6.01. The Labute approximate surface area is 99.9 Å². The first-order valence-electron chi connectivity index (χ1n) is 5.24. The van der Waals surface area contributed by atoms with Crippen LogP contribution >= 0.6 is 15.9 Å². The molecule has 2 N–H and O–H groups in total. The van der Waals surface area contributed by atoms with E-state index in [4.69, 9.17) is 10.5 Å². The Morgan fingerprint density at radius 1 is 1.47 bits per heavy atom. The predicted octanol–water partition coefficient (Wildman–Crippen LogP) is 3.18. The molecule has 1 atom stereocenters. The molecule has 1 rings (SSSR count). The second-order valence-corrected chi connectivity index (χ2v) is 4.54. The van der Waals surface area contributed by atoms with Crippen molar-refractivity contribution in [3.63, 3.8) is 0 Å². The second kappa shape index (κ2) is 6.26. The van der Waals surface area contributed by atoms with Crippen molar-refractivity contribution in [2.45, 2.75) is 26.3 Å². The molecule has 84 valence electrons. The van der Waals surface area contributed by atoms with Gasteiger partial charge in [-0.1, -0.05) is 35.0 Å². The van der Waals surface area contributed by atoms with Crippen LogP contribution in [0.15, 0.2) is 22.7 Å². The summed E-state index contributed by atoms with van der Waals surface area (Å²) >= 11 is 3.47. The van der Waals surface area contributed by atoms with Crippen LogP contribution in [-0.2, 0) is 4.74 Å². The number of halogens is 1. The molecule has 0 aliphatic rings. The van der Waals surface area contributed by atoms with Gasteiger partial charge in [-0.15, -0.1) is 0 Å². The highest BCUT2D eigenvalue weighted by Gasteiger charge is 2.06. The Bertz CT molecular complexity index is 314. The molecule has 0 aromatic heterocycles. The third-order valence-electron chi connectivity index (χ3n) is 2.26. The van der Waals surface area contributed by atoms with Gasteiger partial charge >= 0.3 is 0 Å². The van der Waals surface area contributed by atoms with Gasteiger partial charge in [0.05, 0.1) is 12.6 Å². The predicted molar refractivity (Wildman–Crippen MR) is 66.9 cm³/mol. The molecule has 0 aliphatic carbocycles. The van der Waals surface area contributed by atoms with E-state index in [1.54, 1.807) is 0 Å². The summed E-state index contributed by atoms with van der Waals surface area (Å²) in [6.45, 7) is 5.53. The van der Waals surface area contributed by atoms with Gasteiger partial charge in [-0.05, 0) is 30.5 Å². The molecule has 1 aromatic rings. The lowest BCUT2D eigenvalue weighted by atomic mass is 10.1. The van der Waals surface area contributed by atoms with E-state index in [1.807, 2.05) is 12.1 Å². The number of rotatable bonds is 5. The van der Waals surface area contributed by atoms with Crippen molar-refractivity contribution in [2.24, 2.45) is 5.73 Å². The molecule has 0 heterocycles. The summed E-state index contributed by atoms with van der Waals surface area (Å²) in [5.74, 6) is 0. The number of hydrogen-bond acceptors (Lipinski definition) is 2. The van der Waals surface area contributed by atoms with Crippen LogP contribution in [0, 0.1) is 6.92 Å². The Kier molecular flexibility index (Phi) is 5.29. The quantitative estimate of drug-likeness (QED) is 0.835. The normalized spacial score (nSPS) is 12.8. The maximum atomic E-state index is 6.01. The number of hydrogen-bond donors (Lipinski definition) is 1. The lowest BCUT2D eigenvalue weighted by Crippen LogP contribution is -2.17. The molecular weight excluding hydrogens is 254 g/mol. The van der Waals surface area contributed by atoms with Gasteiger partial charge in [-0.2, -0.15) is 0 Å².